The second kappa shape index (κ2) is 45.3. The number of halogens is 5. The molecule has 4 amide bonds. The molecule has 2 unspecified atom stereocenters. The van der Waals surface area contributed by atoms with Crippen LogP contribution in [0, 0.1) is 23.7 Å². The Balaban J connectivity index is -0.000000472. The Kier molecular flexibility index (Phi) is 47.2. The first-order valence-corrected chi connectivity index (χ1v) is 32.1. The SMILES string of the molecule is CC(=O)SC(C)[C@@H](NC(=O)OC(C)C)C(C)C.CC(C)OC(=O)N[C@@H](C(C)C)C(C)S(=O)(=O)[C@@H](C)c1ccc(Br)cc1.CCl.COC(=O)[C@@H](NCl)C(C)C.CON(C)C(=O)[C@@H](NC(=O)OC(C)C)C(C)C.C[C@H](Cl)c1ccc(Br)cc1. The molecular weight excluding hydrogens is 1280 g/mol. The molecule has 0 saturated heterocycles. The molecule has 8 atom stereocenters. The first-order chi connectivity index (χ1) is 37.3. The van der Waals surface area contributed by atoms with Crippen LogP contribution in [0.4, 0.5) is 14.4 Å². The van der Waals surface area contributed by atoms with Crippen LogP contribution in [-0.2, 0) is 48.0 Å². The predicted molar refractivity (Wildman–Crippen MR) is 338 cm³/mol. The normalized spacial score (nSPS) is 13.9. The number of hydrogen-bond acceptors (Lipinski definition) is 15. The summed E-state index contributed by atoms with van der Waals surface area (Å²) in [6.45, 7) is 34.6. The van der Waals surface area contributed by atoms with Crippen molar-refractivity contribution < 1.29 is 61.0 Å². The molecule has 0 radical (unpaired) electrons. The minimum absolute atomic E-state index is 0.0345. The standard InChI is InChI=1S/C18H28BrNO4S.C12H23NO3S.C11H22N2O4.C8H8BrCl.C6H12ClNO2.CH3Cl/c1-11(2)17(20-18(21)24-12(3)4)14(6)25(22,23)13(5)15-7-9-16(19)10-8-15;1-7(2)11(9(5)17-10(6)14)13-12(15)16-8(3)4;1-7(2)9(10(14)13(5)16-6)12-11(15)17-8(3)4;1-6(10)7-2-4-8(9)5-3-7;1-4(2)5(8-7)6(9)10-3;1-2/h7-14,17H,1-6H3,(H,20,21);7-9,11H,1-6H3,(H,13,15);7-9H,1-6H3,(H,12,15);2-6H,1H3;4-5,8H,1-3H3;1H3/t13-,14?,17-;9?,11-;9-;6-;5-;/m00000./s1. The fourth-order valence-corrected chi connectivity index (χ4v) is 10.7. The maximum Gasteiger partial charge on any atom is 0.408 e. The highest BCUT2D eigenvalue weighted by Crippen LogP contribution is 2.30. The zero-order valence-corrected chi connectivity index (χ0v) is 58.8. The van der Waals surface area contributed by atoms with Crippen LogP contribution in [0.1, 0.15) is 153 Å². The number of nitrogens with one attached hydrogen (secondary N) is 4. The van der Waals surface area contributed by atoms with Gasteiger partial charge in [0, 0.05) is 40.6 Å². The fraction of sp³-hybridized carbons (Fsp3) is 0.679. The first kappa shape index (κ1) is 84.4. The fourth-order valence-electron chi connectivity index (χ4n) is 6.68. The highest BCUT2D eigenvalue weighted by atomic mass is 79.9. The van der Waals surface area contributed by atoms with Gasteiger partial charge in [0.1, 0.15) is 12.1 Å². The topological polar surface area (TPSA) is 234 Å². The lowest BCUT2D eigenvalue weighted by atomic mass is 10.0. The van der Waals surface area contributed by atoms with Gasteiger partial charge in [-0.3, -0.25) is 19.2 Å². The van der Waals surface area contributed by atoms with E-state index in [9.17, 15) is 37.2 Å². The molecule has 0 fully saturated rings. The van der Waals surface area contributed by atoms with Gasteiger partial charge < -0.3 is 34.9 Å². The number of hydroxylamine groups is 2. The zero-order chi connectivity index (χ0) is 64.2. The van der Waals surface area contributed by atoms with Crippen LogP contribution in [-0.4, -0.2) is 129 Å². The monoisotopic (exact) mass is 1370 g/mol. The Morgan fingerprint density at radius 3 is 1.21 bits per heavy atom. The molecule has 2 aromatic rings. The number of carbonyl (C=O) groups is 6. The van der Waals surface area contributed by atoms with Crippen LogP contribution < -0.4 is 20.8 Å². The summed E-state index contributed by atoms with van der Waals surface area (Å²) >= 11 is 23.7. The number of likely N-dealkylation sites (N-methyl/N-ethyl adjacent to an activating group) is 1. The molecule has 470 valence electrons. The number of alkyl carbamates (subject to hydrolysis) is 3. The molecule has 0 aliphatic carbocycles. The molecule has 0 heterocycles. The number of rotatable bonds is 21. The van der Waals surface area contributed by atoms with Gasteiger partial charge in [-0.25, -0.2) is 32.7 Å². The summed E-state index contributed by atoms with van der Waals surface area (Å²) in [6, 6.07) is 13.6. The third kappa shape index (κ3) is 37.8. The minimum Gasteiger partial charge on any atom is -0.468 e. The number of alkyl halides is 2. The van der Waals surface area contributed by atoms with Crippen LogP contribution in [0.5, 0.6) is 0 Å². The number of methoxy groups -OCH3 is 1. The number of hydrogen-bond donors (Lipinski definition) is 4. The molecule has 0 bridgehead atoms. The van der Waals surface area contributed by atoms with Gasteiger partial charge in [-0.2, -0.15) is 0 Å². The molecule has 0 aliphatic rings. The van der Waals surface area contributed by atoms with Gasteiger partial charge in [0.05, 0.1) is 54.5 Å². The maximum atomic E-state index is 13.1. The van der Waals surface area contributed by atoms with Crippen molar-refractivity contribution in [3.8, 4) is 0 Å². The van der Waals surface area contributed by atoms with Crippen molar-refractivity contribution >= 4 is 124 Å². The largest absolute Gasteiger partial charge is 0.468 e. The molecule has 25 heteroatoms. The Morgan fingerprint density at radius 1 is 0.568 bits per heavy atom. The van der Waals surface area contributed by atoms with Crippen molar-refractivity contribution in [2.75, 3.05) is 27.7 Å². The van der Waals surface area contributed by atoms with E-state index in [2.05, 4.69) is 69.0 Å². The lowest BCUT2D eigenvalue weighted by molar-refractivity contribution is -0.172. The molecule has 0 spiro atoms. The first-order valence-electron chi connectivity index (χ1n) is 26.4. The van der Waals surface area contributed by atoms with Gasteiger partial charge in [-0.15, -0.1) is 23.2 Å². The Morgan fingerprint density at radius 2 is 0.926 bits per heavy atom. The van der Waals surface area contributed by atoms with Crippen molar-refractivity contribution in [1.82, 2.24) is 25.8 Å². The van der Waals surface area contributed by atoms with E-state index in [1.807, 2.05) is 106 Å². The average molecular weight is 1380 g/mol. The summed E-state index contributed by atoms with van der Waals surface area (Å²) in [5.74, 6) is -0.365. The summed E-state index contributed by atoms with van der Waals surface area (Å²) in [5, 5.41) is 7.94. The second-order valence-corrected chi connectivity index (χ2v) is 27.3. The molecule has 2 aromatic carbocycles. The molecular formula is C56H96Br2Cl3N5O13S2. The van der Waals surface area contributed by atoms with E-state index < -0.39 is 56.7 Å². The summed E-state index contributed by atoms with van der Waals surface area (Å²) in [6.07, 6.45) is -0.767. The van der Waals surface area contributed by atoms with Crippen molar-refractivity contribution in [1.29, 1.82) is 0 Å². The summed E-state index contributed by atoms with van der Waals surface area (Å²) in [5.41, 5.74) is 1.88. The highest BCUT2D eigenvalue weighted by molar-refractivity contribution is 9.10. The van der Waals surface area contributed by atoms with E-state index in [1.165, 1.54) is 46.3 Å². The Bertz CT molecular complexity index is 2200. The number of sulfone groups is 1. The third-order valence-corrected chi connectivity index (χ3v) is 16.2. The molecule has 0 aromatic heterocycles. The van der Waals surface area contributed by atoms with E-state index >= 15 is 0 Å². The van der Waals surface area contributed by atoms with Crippen LogP contribution >= 0.6 is 78.6 Å². The molecule has 18 nitrogen and oxygen atoms in total. The highest BCUT2D eigenvalue weighted by Gasteiger charge is 2.37. The van der Waals surface area contributed by atoms with Gasteiger partial charge in [-0.05, 0) is 133 Å². The number of esters is 1. The van der Waals surface area contributed by atoms with E-state index in [0.29, 0.717) is 0 Å². The van der Waals surface area contributed by atoms with E-state index in [4.69, 9.17) is 42.4 Å². The number of amides is 4. The third-order valence-electron chi connectivity index (χ3n) is 11.1. The number of nitrogens with zero attached hydrogens (tertiary/aromatic N) is 1. The summed E-state index contributed by atoms with van der Waals surface area (Å²) < 4.78 is 47.7. The van der Waals surface area contributed by atoms with Gasteiger partial charge in [0.25, 0.3) is 5.91 Å². The number of thioether (sulfide) groups is 1. The van der Waals surface area contributed by atoms with Crippen LogP contribution in [0.2, 0.25) is 0 Å². The zero-order valence-electron chi connectivity index (χ0n) is 51.7. The Hall–Kier alpha value is -3.09. The lowest BCUT2D eigenvalue weighted by Crippen LogP contribution is -2.50. The van der Waals surface area contributed by atoms with Crippen LogP contribution in [0.25, 0.3) is 0 Å². The quantitative estimate of drug-likeness (QED) is 0.0299. The second-order valence-electron chi connectivity index (χ2n) is 20.4. The predicted octanol–water partition coefficient (Wildman–Crippen LogP) is 14.0. The minimum atomic E-state index is -3.51. The van der Waals surface area contributed by atoms with Gasteiger partial charge in [0.2, 0.25) is 0 Å². The van der Waals surface area contributed by atoms with E-state index in [1.54, 1.807) is 67.5 Å². The summed E-state index contributed by atoms with van der Waals surface area (Å²) in [7, 11) is 0.714. The smallest absolute Gasteiger partial charge is 0.408 e. The van der Waals surface area contributed by atoms with Crippen LogP contribution in [0.15, 0.2) is 57.5 Å². The molecule has 0 saturated carbocycles. The number of benzene rings is 2. The molecule has 81 heavy (non-hydrogen) atoms. The van der Waals surface area contributed by atoms with Gasteiger partial charge in [0.15, 0.2) is 15.0 Å². The maximum absolute atomic E-state index is 13.1. The van der Waals surface area contributed by atoms with E-state index in [-0.39, 0.29) is 75.6 Å². The molecule has 4 N–H and O–H groups in total. The summed E-state index contributed by atoms with van der Waals surface area (Å²) in [4.78, 5) is 75.8. The Labute approximate surface area is 522 Å². The number of carbonyl (C=O) groups excluding carboxylic acids is 6. The van der Waals surface area contributed by atoms with Crippen molar-refractivity contribution in [2.24, 2.45) is 23.7 Å². The molecule has 2 rings (SSSR count). The number of ether oxygens (including phenoxy) is 4. The van der Waals surface area contributed by atoms with Crippen molar-refractivity contribution in [3.63, 3.8) is 0 Å². The van der Waals surface area contributed by atoms with E-state index in [0.717, 1.165) is 25.1 Å². The average Bonchev–Trinajstić information content (AvgIpc) is 3.36. The van der Waals surface area contributed by atoms with Gasteiger partial charge in [-0.1, -0.05) is 130 Å². The van der Waals surface area contributed by atoms with Crippen molar-refractivity contribution in [3.05, 3.63) is 68.6 Å². The van der Waals surface area contributed by atoms with Crippen molar-refractivity contribution in [2.45, 2.75) is 195 Å². The van der Waals surface area contributed by atoms with Gasteiger partial charge >= 0.3 is 24.2 Å². The molecule has 0 aliphatic heterocycles. The van der Waals surface area contributed by atoms with Crippen LogP contribution in [0.3, 0.4) is 0 Å². The lowest BCUT2D eigenvalue weighted by Gasteiger charge is -2.30.